The summed E-state index contributed by atoms with van der Waals surface area (Å²) in [6.07, 6.45) is 2.27. The van der Waals surface area contributed by atoms with Crippen LogP contribution in [0.15, 0.2) is 0 Å². The van der Waals surface area contributed by atoms with Crippen molar-refractivity contribution in [2.75, 3.05) is 39.5 Å². The fourth-order valence-corrected chi connectivity index (χ4v) is 2.30. The molecule has 0 aromatic heterocycles. The molecule has 0 aliphatic carbocycles. The fraction of sp³-hybridized carbons (Fsp3) is 0.900. The molecular weight excluding hydrogens is 278 g/mol. The van der Waals surface area contributed by atoms with E-state index >= 15 is 0 Å². The predicted octanol–water partition coefficient (Wildman–Crippen LogP) is -0.194. The maximum atomic E-state index is 11.3. The van der Waals surface area contributed by atoms with E-state index in [-0.39, 0.29) is 18.3 Å². The van der Waals surface area contributed by atoms with Crippen LogP contribution in [-0.2, 0) is 14.8 Å². The van der Waals surface area contributed by atoms with Gasteiger partial charge in [-0.15, -0.1) is 12.4 Å². The molecule has 1 amide bonds. The predicted molar refractivity (Wildman–Crippen MR) is 75.5 cm³/mol. The first kappa shape index (κ1) is 20.0. The highest BCUT2D eigenvalue weighted by molar-refractivity contribution is 7.88. The molecule has 0 fully saturated rings. The SMILES string of the molecule is CCN(CCCNC(=O)CCNC)S(C)(=O)=O.Cl. The van der Waals surface area contributed by atoms with Crippen molar-refractivity contribution in [2.45, 2.75) is 19.8 Å². The van der Waals surface area contributed by atoms with Crippen molar-refractivity contribution >= 4 is 28.3 Å². The van der Waals surface area contributed by atoms with Crippen LogP contribution in [0.3, 0.4) is 0 Å². The fourth-order valence-electron chi connectivity index (χ4n) is 1.37. The number of hydrogen-bond acceptors (Lipinski definition) is 4. The Balaban J connectivity index is 0. The third kappa shape index (κ3) is 9.64. The summed E-state index contributed by atoms with van der Waals surface area (Å²) in [5.41, 5.74) is 0. The summed E-state index contributed by atoms with van der Waals surface area (Å²) in [6.45, 7) is 3.87. The van der Waals surface area contributed by atoms with E-state index in [0.717, 1.165) is 0 Å². The Morgan fingerprint density at radius 1 is 1.28 bits per heavy atom. The van der Waals surface area contributed by atoms with Crippen molar-refractivity contribution in [1.29, 1.82) is 0 Å². The largest absolute Gasteiger partial charge is 0.356 e. The van der Waals surface area contributed by atoms with Gasteiger partial charge in [-0.25, -0.2) is 12.7 Å². The zero-order valence-corrected chi connectivity index (χ0v) is 12.9. The molecule has 0 atom stereocenters. The molecule has 0 aliphatic heterocycles. The molecule has 0 saturated carbocycles. The van der Waals surface area contributed by atoms with Gasteiger partial charge in [0.2, 0.25) is 15.9 Å². The van der Waals surface area contributed by atoms with E-state index in [1.165, 1.54) is 10.6 Å². The van der Waals surface area contributed by atoms with Crippen LogP contribution in [0.25, 0.3) is 0 Å². The van der Waals surface area contributed by atoms with E-state index in [4.69, 9.17) is 0 Å². The van der Waals surface area contributed by atoms with Gasteiger partial charge in [-0.1, -0.05) is 6.92 Å². The van der Waals surface area contributed by atoms with Crippen LogP contribution in [0.5, 0.6) is 0 Å². The van der Waals surface area contributed by atoms with Crippen molar-refractivity contribution in [1.82, 2.24) is 14.9 Å². The van der Waals surface area contributed by atoms with Crippen LogP contribution in [0.4, 0.5) is 0 Å². The Bertz CT molecular complexity index is 322. The van der Waals surface area contributed by atoms with Gasteiger partial charge in [-0.2, -0.15) is 0 Å². The lowest BCUT2D eigenvalue weighted by molar-refractivity contribution is -0.120. The van der Waals surface area contributed by atoms with Gasteiger partial charge in [0.1, 0.15) is 0 Å². The van der Waals surface area contributed by atoms with Gasteiger partial charge in [0, 0.05) is 32.6 Å². The molecule has 18 heavy (non-hydrogen) atoms. The molecule has 0 spiro atoms. The van der Waals surface area contributed by atoms with Gasteiger partial charge in [-0.3, -0.25) is 4.79 Å². The third-order valence-corrected chi connectivity index (χ3v) is 3.71. The summed E-state index contributed by atoms with van der Waals surface area (Å²) in [5.74, 6) is -0.0123. The number of carbonyl (C=O) groups is 1. The van der Waals surface area contributed by atoms with Crippen LogP contribution in [0.1, 0.15) is 19.8 Å². The first-order chi connectivity index (χ1) is 7.91. The zero-order chi connectivity index (χ0) is 13.3. The molecular formula is C10H24ClN3O3S. The normalized spacial score (nSPS) is 11.1. The standard InChI is InChI=1S/C10H23N3O3S.ClH/c1-4-13(17(3,15)16)9-5-7-12-10(14)6-8-11-2;/h11H,4-9H2,1-3H3,(H,12,14);1H. The monoisotopic (exact) mass is 301 g/mol. The Hall–Kier alpha value is -0.370. The maximum Gasteiger partial charge on any atom is 0.221 e. The summed E-state index contributed by atoms with van der Waals surface area (Å²) >= 11 is 0. The molecule has 0 aliphatic rings. The number of nitrogens with one attached hydrogen (secondary N) is 2. The summed E-state index contributed by atoms with van der Waals surface area (Å²) < 4.78 is 23.9. The van der Waals surface area contributed by atoms with Gasteiger partial charge in [-0.05, 0) is 13.5 Å². The highest BCUT2D eigenvalue weighted by atomic mass is 35.5. The van der Waals surface area contributed by atoms with Crippen molar-refractivity contribution in [3.8, 4) is 0 Å². The lowest BCUT2D eigenvalue weighted by atomic mass is 10.3. The third-order valence-electron chi connectivity index (χ3n) is 2.33. The Labute approximate surface area is 116 Å². The van der Waals surface area contributed by atoms with Crippen LogP contribution < -0.4 is 10.6 Å². The topological polar surface area (TPSA) is 78.5 Å². The number of sulfonamides is 1. The van der Waals surface area contributed by atoms with Crippen LogP contribution in [-0.4, -0.2) is 58.1 Å². The second kappa shape index (κ2) is 10.5. The molecule has 2 N–H and O–H groups in total. The van der Waals surface area contributed by atoms with Crippen LogP contribution in [0, 0.1) is 0 Å². The lowest BCUT2D eigenvalue weighted by Crippen LogP contribution is -2.34. The summed E-state index contributed by atoms with van der Waals surface area (Å²) in [7, 11) is -1.33. The number of carbonyl (C=O) groups excluding carboxylic acids is 1. The van der Waals surface area contributed by atoms with E-state index in [2.05, 4.69) is 10.6 Å². The van der Waals surface area contributed by atoms with Gasteiger partial charge in [0.05, 0.1) is 6.26 Å². The highest BCUT2D eigenvalue weighted by Gasteiger charge is 2.13. The van der Waals surface area contributed by atoms with E-state index < -0.39 is 10.0 Å². The molecule has 0 bridgehead atoms. The quantitative estimate of drug-likeness (QED) is 0.579. The van der Waals surface area contributed by atoms with E-state index in [0.29, 0.717) is 39.0 Å². The van der Waals surface area contributed by atoms with E-state index in [1.54, 1.807) is 14.0 Å². The van der Waals surface area contributed by atoms with Crippen molar-refractivity contribution < 1.29 is 13.2 Å². The molecule has 0 heterocycles. The Morgan fingerprint density at radius 3 is 2.33 bits per heavy atom. The molecule has 110 valence electrons. The molecule has 0 aromatic carbocycles. The summed E-state index contributed by atoms with van der Waals surface area (Å²) in [6, 6.07) is 0. The molecule has 0 rings (SSSR count). The number of nitrogens with zero attached hydrogens (tertiary/aromatic N) is 1. The maximum absolute atomic E-state index is 11.3. The van der Waals surface area contributed by atoms with Crippen LogP contribution in [0.2, 0.25) is 0 Å². The molecule has 0 aromatic rings. The zero-order valence-electron chi connectivity index (χ0n) is 11.2. The minimum atomic E-state index is -3.12. The number of halogens is 1. The van der Waals surface area contributed by atoms with Crippen molar-refractivity contribution in [3.63, 3.8) is 0 Å². The van der Waals surface area contributed by atoms with Gasteiger partial charge >= 0.3 is 0 Å². The number of rotatable bonds is 9. The van der Waals surface area contributed by atoms with E-state index in [9.17, 15) is 13.2 Å². The second-order valence-electron chi connectivity index (χ2n) is 3.81. The minimum Gasteiger partial charge on any atom is -0.356 e. The summed E-state index contributed by atoms with van der Waals surface area (Å²) in [4.78, 5) is 11.2. The first-order valence-corrected chi connectivity index (χ1v) is 7.63. The van der Waals surface area contributed by atoms with Crippen molar-refractivity contribution in [2.24, 2.45) is 0 Å². The average Bonchev–Trinajstić information content (AvgIpc) is 2.24. The first-order valence-electron chi connectivity index (χ1n) is 5.78. The smallest absolute Gasteiger partial charge is 0.221 e. The average molecular weight is 302 g/mol. The summed E-state index contributed by atoms with van der Waals surface area (Å²) in [5, 5.41) is 5.64. The molecule has 0 unspecified atom stereocenters. The van der Waals surface area contributed by atoms with Gasteiger partial charge in [0.15, 0.2) is 0 Å². The van der Waals surface area contributed by atoms with Crippen LogP contribution >= 0.6 is 12.4 Å². The number of hydrogen-bond donors (Lipinski definition) is 2. The minimum absolute atomic E-state index is 0. The van der Waals surface area contributed by atoms with Gasteiger partial charge < -0.3 is 10.6 Å². The molecule has 0 radical (unpaired) electrons. The van der Waals surface area contributed by atoms with Crippen molar-refractivity contribution in [3.05, 3.63) is 0 Å². The number of amides is 1. The second-order valence-corrected chi connectivity index (χ2v) is 5.79. The van der Waals surface area contributed by atoms with Gasteiger partial charge in [0.25, 0.3) is 0 Å². The highest BCUT2D eigenvalue weighted by Crippen LogP contribution is 1.98. The Morgan fingerprint density at radius 2 is 1.89 bits per heavy atom. The molecule has 8 heteroatoms. The molecule has 0 saturated heterocycles. The van der Waals surface area contributed by atoms with E-state index in [1.807, 2.05) is 0 Å². The lowest BCUT2D eigenvalue weighted by Gasteiger charge is -2.17. The Kier molecular flexibility index (Phi) is 11.7. The molecule has 6 nitrogen and oxygen atoms in total.